The third-order valence-corrected chi connectivity index (χ3v) is 2.69. The summed E-state index contributed by atoms with van der Waals surface area (Å²) in [7, 11) is 0. The zero-order chi connectivity index (χ0) is 14.5. The average Bonchev–Trinajstić information content (AvgIpc) is 2.49. The van der Waals surface area contributed by atoms with Crippen LogP contribution in [-0.2, 0) is 0 Å². The topological polar surface area (TPSA) is 52.2 Å². The first-order valence-electron chi connectivity index (χ1n) is 6.23. The maximum absolute atomic E-state index is 12.2. The van der Waals surface area contributed by atoms with Crippen molar-refractivity contribution in [1.82, 2.24) is 4.73 Å². The molecule has 0 amide bonds. The van der Waals surface area contributed by atoms with Crippen molar-refractivity contribution in [3.8, 4) is 5.75 Å². The molecular formula is C15H15N2O3+. The Hall–Kier alpha value is -2.69. The zero-order valence-electron chi connectivity index (χ0n) is 11.2. The van der Waals surface area contributed by atoms with Gasteiger partial charge in [0.1, 0.15) is 6.20 Å². The second-order valence-corrected chi connectivity index (χ2v) is 4.09. The summed E-state index contributed by atoms with van der Waals surface area (Å²) in [6.07, 6.45) is 4.71. The fourth-order valence-corrected chi connectivity index (χ4v) is 1.65. The van der Waals surface area contributed by atoms with Crippen LogP contribution in [0.5, 0.6) is 5.75 Å². The second kappa shape index (κ2) is 5.97. The Kier molecular flexibility index (Phi) is 4.10. The van der Waals surface area contributed by atoms with Crippen LogP contribution in [0.15, 0.2) is 54.1 Å². The van der Waals surface area contributed by atoms with Gasteiger partial charge in [-0.3, -0.25) is 4.84 Å². The van der Waals surface area contributed by atoms with Crippen molar-refractivity contribution in [2.24, 2.45) is 0 Å². The molecule has 0 saturated heterocycles. The number of benzene rings is 1. The molecule has 5 heteroatoms. The lowest BCUT2D eigenvalue weighted by molar-refractivity contribution is -0.598. The first kappa shape index (κ1) is 13.7. The van der Waals surface area contributed by atoms with Gasteiger partial charge < -0.3 is 0 Å². The highest BCUT2D eigenvalue weighted by atomic mass is 16.7. The van der Waals surface area contributed by atoms with Gasteiger partial charge in [0.05, 0.1) is 5.56 Å². The van der Waals surface area contributed by atoms with Crippen LogP contribution in [0.1, 0.15) is 23.7 Å². The summed E-state index contributed by atoms with van der Waals surface area (Å²) in [6, 6.07) is 8.88. The number of para-hydroxylation sites is 1. The largest absolute Gasteiger partial charge is 0.545 e. The van der Waals surface area contributed by atoms with Gasteiger partial charge in [-0.15, -0.1) is 4.57 Å². The minimum absolute atomic E-state index is 0.228. The Morgan fingerprint density at radius 3 is 2.70 bits per heavy atom. The molecule has 0 radical (unpaired) electrons. The molecule has 0 aliphatic rings. The summed E-state index contributed by atoms with van der Waals surface area (Å²) >= 11 is 0. The van der Waals surface area contributed by atoms with Gasteiger partial charge in [0.2, 0.25) is 0 Å². The molecular weight excluding hydrogens is 256 g/mol. The van der Waals surface area contributed by atoms with Crippen molar-refractivity contribution in [2.45, 2.75) is 13.3 Å². The van der Waals surface area contributed by atoms with E-state index in [1.807, 2.05) is 6.07 Å². The third kappa shape index (κ3) is 2.83. The summed E-state index contributed by atoms with van der Waals surface area (Å²) in [5.41, 5.74) is 0.0636. The van der Waals surface area contributed by atoms with E-state index in [0.29, 0.717) is 11.3 Å². The van der Waals surface area contributed by atoms with E-state index in [0.717, 1.165) is 9.30 Å². The van der Waals surface area contributed by atoms with E-state index in [1.165, 1.54) is 12.4 Å². The first-order chi connectivity index (χ1) is 9.65. The van der Waals surface area contributed by atoms with Gasteiger partial charge in [0.15, 0.2) is 11.9 Å². The van der Waals surface area contributed by atoms with E-state index in [9.17, 15) is 9.59 Å². The molecule has 102 valence electrons. The quantitative estimate of drug-likeness (QED) is 0.795. The van der Waals surface area contributed by atoms with Crippen LogP contribution >= 0.6 is 0 Å². The molecule has 0 aliphatic heterocycles. The molecule has 0 N–H and O–H groups in total. The van der Waals surface area contributed by atoms with Crippen LogP contribution < -0.4 is 15.1 Å². The summed E-state index contributed by atoms with van der Waals surface area (Å²) in [6.45, 7) is 5.33. The van der Waals surface area contributed by atoms with Crippen molar-refractivity contribution in [2.75, 3.05) is 0 Å². The molecule has 0 spiro atoms. The molecule has 2 rings (SSSR count). The van der Waals surface area contributed by atoms with Gasteiger partial charge >= 0.3 is 11.6 Å². The number of aromatic nitrogens is 2. The van der Waals surface area contributed by atoms with Gasteiger partial charge in [-0.1, -0.05) is 37.8 Å². The summed E-state index contributed by atoms with van der Waals surface area (Å²) < 4.78 is 2.06. The number of hydrogen-bond acceptors (Lipinski definition) is 3. The summed E-state index contributed by atoms with van der Waals surface area (Å²) in [4.78, 5) is 29.4. The minimum atomic E-state index is -0.550. The van der Waals surface area contributed by atoms with E-state index in [2.05, 4.69) is 6.58 Å². The van der Waals surface area contributed by atoms with Gasteiger partial charge in [0.25, 0.3) is 0 Å². The molecule has 5 nitrogen and oxygen atoms in total. The SMILES string of the molecule is C=Cc1cn(Oc2ccccc2)c(=O)[n+](C(=O)CC)c1. The van der Waals surface area contributed by atoms with Crippen molar-refractivity contribution in [3.05, 3.63) is 65.4 Å². The monoisotopic (exact) mass is 271 g/mol. The molecule has 0 saturated carbocycles. The van der Waals surface area contributed by atoms with E-state index in [-0.39, 0.29) is 12.3 Å². The molecule has 0 unspecified atom stereocenters. The van der Waals surface area contributed by atoms with Crippen LogP contribution in [0.4, 0.5) is 0 Å². The zero-order valence-corrected chi connectivity index (χ0v) is 11.2. The highest BCUT2D eigenvalue weighted by Gasteiger charge is 2.19. The maximum atomic E-state index is 12.2. The predicted molar refractivity (Wildman–Crippen MR) is 74.4 cm³/mol. The Bertz CT molecular complexity index is 690. The molecule has 2 aromatic rings. The van der Waals surface area contributed by atoms with Gasteiger partial charge in [-0.25, -0.2) is 4.79 Å². The van der Waals surface area contributed by atoms with Crippen LogP contribution in [0.3, 0.4) is 0 Å². The molecule has 0 fully saturated rings. The lowest BCUT2D eigenvalue weighted by Gasteiger charge is -2.03. The predicted octanol–water partition coefficient (Wildman–Crippen LogP) is 1.67. The number of nitrogens with zero attached hydrogens (tertiary/aromatic N) is 2. The molecule has 0 aliphatic carbocycles. The van der Waals surface area contributed by atoms with Gasteiger partial charge in [-0.05, 0) is 16.9 Å². The van der Waals surface area contributed by atoms with Crippen molar-refractivity contribution >= 4 is 12.0 Å². The Morgan fingerprint density at radius 2 is 2.10 bits per heavy atom. The first-order valence-corrected chi connectivity index (χ1v) is 6.23. The average molecular weight is 271 g/mol. The van der Waals surface area contributed by atoms with Crippen LogP contribution in [0.25, 0.3) is 6.08 Å². The molecule has 20 heavy (non-hydrogen) atoms. The normalized spacial score (nSPS) is 10.1. The fourth-order valence-electron chi connectivity index (χ4n) is 1.65. The van der Waals surface area contributed by atoms with Crippen LogP contribution in [0.2, 0.25) is 0 Å². The van der Waals surface area contributed by atoms with E-state index in [1.54, 1.807) is 37.3 Å². The van der Waals surface area contributed by atoms with Crippen LogP contribution in [0, 0.1) is 0 Å². The molecule has 1 aromatic heterocycles. The Morgan fingerprint density at radius 1 is 1.40 bits per heavy atom. The number of carbonyl (C=O) groups excluding carboxylic acids is 1. The maximum Gasteiger partial charge on any atom is 0.545 e. The highest BCUT2D eigenvalue weighted by molar-refractivity contribution is 5.66. The summed E-state index contributed by atoms with van der Waals surface area (Å²) in [5, 5.41) is 0. The number of carbonyl (C=O) groups is 1. The Labute approximate surface area is 116 Å². The number of rotatable bonds is 4. The smallest absolute Gasteiger partial charge is 0.293 e. The van der Waals surface area contributed by atoms with Gasteiger partial charge in [-0.2, -0.15) is 4.79 Å². The van der Waals surface area contributed by atoms with Crippen molar-refractivity contribution in [1.29, 1.82) is 0 Å². The van der Waals surface area contributed by atoms with Crippen molar-refractivity contribution in [3.63, 3.8) is 0 Å². The molecule has 1 aromatic carbocycles. The lowest BCUT2D eigenvalue weighted by Crippen LogP contribution is -2.59. The Balaban J connectivity index is 2.50. The minimum Gasteiger partial charge on any atom is -0.293 e. The van der Waals surface area contributed by atoms with Crippen molar-refractivity contribution < 1.29 is 14.2 Å². The summed E-state index contributed by atoms with van der Waals surface area (Å²) in [5.74, 6) is 0.204. The van der Waals surface area contributed by atoms with E-state index < -0.39 is 5.69 Å². The number of hydrogen-bond donors (Lipinski definition) is 0. The van der Waals surface area contributed by atoms with E-state index >= 15 is 0 Å². The fraction of sp³-hybridized carbons (Fsp3) is 0.133. The second-order valence-electron chi connectivity index (χ2n) is 4.09. The van der Waals surface area contributed by atoms with Gasteiger partial charge in [0, 0.05) is 6.42 Å². The molecule has 0 bridgehead atoms. The molecule has 1 heterocycles. The molecule has 0 atom stereocenters. The standard InChI is InChI=1S/C15H15N2O3/c1-3-12-10-16(14(18)4-2)15(19)17(11-12)20-13-8-6-5-7-9-13/h3,5-11H,1,4H2,2H3/q+1. The lowest BCUT2D eigenvalue weighted by atomic mass is 10.3. The van der Waals surface area contributed by atoms with E-state index in [4.69, 9.17) is 4.84 Å². The highest BCUT2D eigenvalue weighted by Crippen LogP contribution is 2.08. The third-order valence-electron chi connectivity index (χ3n) is 2.69. The van der Waals surface area contributed by atoms with Crippen LogP contribution in [-0.4, -0.2) is 10.6 Å².